The van der Waals surface area contributed by atoms with Gasteiger partial charge in [0.1, 0.15) is 12.4 Å². The summed E-state index contributed by atoms with van der Waals surface area (Å²) in [6, 6.07) is 17.9. The van der Waals surface area contributed by atoms with E-state index in [1.54, 1.807) is 0 Å². The molecule has 2 heterocycles. The zero-order chi connectivity index (χ0) is 17.2. The predicted molar refractivity (Wildman–Crippen MR) is 106 cm³/mol. The van der Waals surface area contributed by atoms with Crippen molar-refractivity contribution >= 4 is 23.4 Å². The zero-order valence-corrected chi connectivity index (χ0v) is 16.1. The van der Waals surface area contributed by atoms with Crippen LogP contribution in [0.25, 0.3) is 0 Å². The predicted octanol–water partition coefficient (Wildman–Crippen LogP) is 5.64. The highest BCUT2D eigenvalue weighted by atomic mass is 35.5. The quantitative estimate of drug-likeness (QED) is 0.673. The molecule has 2 aliphatic rings. The van der Waals surface area contributed by atoms with E-state index < -0.39 is 0 Å². The molecular weight excluding hydrogens is 350 g/mol. The Morgan fingerprint density at radius 3 is 2.48 bits per heavy atom. The lowest BCUT2D eigenvalue weighted by molar-refractivity contribution is 0.183. The van der Waals surface area contributed by atoms with E-state index in [1.807, 2.05) is 42.1 Å². The fraction of sp³-hybridized carbons (Fsp3) is 0.429. The molecule has 0 spiro atoms. The molecule has 0 aromatic heterocycles. The van der Waals surface area contributed by atoms with E-state index in [9.17, 15) is 0 Å². The van der Waals surface area contributed by atoms with Crippen molar-refractivity contribution in [3.05, 3.63) is 59.1 Å². The van der Waals surface area contributed by atoms with Gasteiger partial charge in [0.25, 0.3) is 0 Å². The van der Waals surface area contributed by atoms with E-state index >= 15 is 0 Å². The lowest BCUT2D eigenvalue weighted by atomic mass is 10.0. The van der Waals surface area contributed by atoms with Gasteiger partial charge in [0, 0.05) is 22.2 Å². The molecular formula is C21H24ClNOS. The van der Waals surface area contributed by atoms with Crippen molar-refractivity contribution in [1.29, 1.82) is 0 Å². The van der Waals surface area contributed by atoms with Crippen molar-refractivity contribution in [2.45, 2.75) is 54.5 Å². The van der Waals surface area contributed by atoms with Crippen LogP contribution in [0, 0.1) is 0 Å². The molecule has 2 bridgehead atoms. The third-order valence-corrected chi connectivity index (χ3v) is 7.25. The van der Waals surface area contributed by atoms with E-state index in [-0.39, 0.29) is 0 Å². The molecule has 2 nitrogen and oxygen atoms in total. The van der Waals surface area contributed by atoms with Crippen LogP contribution in [0.4, 0.5) is 0 Å². The Morgan fingerprint density at radius 2 is 1.80 bits per heavy atom. The van der Waals surface area contributed by atoms with Gasteiger partial charge in [-0.15, -0.1) is 11.8 Å². The van der Waals surface area contributed by atoms with Crippen molar-refractivity contribution in [2.75, 3.05) is 7.05 Å². The smallest absolute Gasteiger partial charge is 0.121 e. The van der Waals surface area contributed by atoms with Gasteiger partial charge in [-0.25, -0.2) is 0 Å². The summed E-state index contributed by atoms with van der Waals surface area (Å²) in [4.78, 5) is 3.77. The summed E-state index contributed by atoms with van der Waals surface area (Å²) in [5.41, 5.74) is 1.17. The van der Waals surface area contributed by atoms with Gasteiger partial charge in [0.15, 0.2) is 0 Å². The maximum absolute atomic E-state index is 6.54. The van der Waals surface area contributed by atoms with E-state index in [1.165, 1.54) is 36.1 Å². The topological polar surface area (TPSA) is 12.5 Å². The minimum absolute atomic E-state index is 0.571. The Bertz CT molecular complexity index is 709. The summed E-state index contributed by atoms with van der Waals surface area (Å²) < 4.78 is 5.88. The third kappa shape index (κ3) is 3.99. The Balaban J connectivity index is 1.37. The summed E-state index contributed by atoms with van der Waals surface area (Å²) in [6.07, 6.45) is 5.27. The van der Waals surface area contributed by atoms with Gasteiger partial charge >= 0.3 is 0 Å². The number of halogens is 1. The molecule has 2 atom stereocenters. The average Bonchev–Trinajstić information content (AvgIpc) is 2.84. The Hall–Kier alpha value is -1.16. The van der Waals surface area contributed by atoms with Crippen LogP contribution in [-0.2, 0) is 6.61 Å². The van der Waals surface area contributed by atoms with Crippen LogP contribution in [0.15, 0.2) is 53.4 Å². The van der Waals surface area contributed by atoms with Crippen molar-refractivity contribution < 1.29 is 4.74 Å². The SMILES string of the molecule is CN1C2CCC1CC(Sc1ccc(OCc3ccccc3)cc1Cl)C2. The van der Waals surface area contributed by atoms with Gasteiger partial charge in [-0.1, -0.05) is 41.9 Å². The lowest BCUT2D eigenvalue weighted by Crippen LogP contribution is -2.40. The normalized spacial score (nSPS) is 25.9. The molecule has 132 valence electrons. The number of piperidine rings is 1. The van der Waals surface area contributed by atoms with Crippen LogP contribution < -0.4 is 4.74 Å². The third-order valence-electron chi connectivity index (χ3n) is 5.50. The van der Waals surface area contributed by atoms with Gasteiger partial charge in [-0.2, -0.15) is 0 Å². The lowest BCUT2D eigenvalue weighted by Gasteiger charge is -2.36. The standard InChI is InChI=1S/C21H24ClNOS/c1-23-16-7-8-17(23)12-19(11-16)25-21-10-9-18(13-20(21)22)24-14-15-5-3-2-4-6-15/h2-6,9-10,13,16-17,19H,7-8,11-12,14H2,1H3. The average molecular weight is 374 g/mol. The molecule has 2 aromatic rings. The van der Waals surface area contributed by atoms with E-state index in [4.69, 9.17) is 16.3 Å². The second-order valence-electron chi connectivity index (χ2n) is 7.13. The minimum atomic E-state index is 0.571. The molecule has 4 heteroatoms. The maximum Gasteiger partial charge on any atom is 0.121 e. The van der Waals surface area contributed by atoms with Crippen LogP contribution >= 0.6 is 23.4 Å². The maximum atomic E-state index is 6.54. The summed E-state index contributed by atoms with van der Waals surface area (Å²) >= 11 is 8.49. The number of thioether (sulfide) groups is 1. The molecule has 4 rings (SSSR count). The summed E-state index contributed by atoms with van der Waals surface area (Å²) in [5.74, 6) is 0.835. The highest BCUT2D eigenvalue weighted by Crippen LogP contribution is 2.43. The first kappa shape index (κ1) is 17.3. The fourth-order valence-corrected chi connectivity index (χ4v) is 5.66. The fourth-order valence-electron chi connectivity index (χ4n) is 4.05. The largest absolute Gasteiger partial charge is 0.489 e. The monoisotopic (exact) mass is 373 g/mol. The second-order valence-corrected chi connectivity index (χ2v) is 8.88. The summed E-state index contributed by atoms with van der Waals surface area (Å²) in [7, 11) is 2.29. The van der Waals surface area contributed by atoms with E-state index in [0.717, 1.165) is 22.9 Å². The first-order chi connectivity index (χ1) is 12.2. The van der Waals surface area contributed by atoms with Gasteiger partial charge in [-0.3, -0.25) is 0 Å². The number of nitrogens with zero attached hydrogens (tertiary/aromatic N) is 1. The molecule has 2 unspecified atom stereocenters. The van der Waals surface area contributed by atoms with Crippen molar-refractivity contribution in [3.63, 3.8) is 0 Å². The zero-order valence-electron chi connectivity index (χ0n) is 14.5. The second kappa shape index (κ2) is 7.61. The molecule has 0 amide bonds. The molecule has 2 fully saturated rings. The van der Waals surface area contributed by atoms with Crippen LogP contribution in [0.5, 0.6) is 5.75 Å². The first-order valence-corrected chi connectivity index (χ1v) is 10.3. The molecule has 2 aliphatic heterocycles. The Kier molecular flexibility index (Phi) is 5.25. The molecule has 0 radical (unpaired) electrons. The van der Waals surface area contributed by atoms with Crippen LogP contribution in [0.2, 0.25) is 5.02 Å². The van der Waals surface area contributed by atoms with E-state index in [2.05, 4.69) is 30.1 Å². The number of hydrogen-bond donors (Lipinski definition) is 0. The summed E-state index contributed by atoms with van der Waals surface area (Å²) in [6.45, 7) is 0.571. The van der Waals surface area contributed by atoms with Crippen molar-refractivity contribution in [1.82, 2.24) is 4.90 Å². The molecule has 25 heavy (non-hydrogen) atoms. The molecule has 0 aliphatic carbocycles. The highest BCUT2D eigenvalue weighted by Gasteiger charge is 2.38. The molecule has 2 saturated heterocycles. The molecule has 2 aromatic carbocycles. The van der Waals surface area contributed by atoms with Gasteiger partial charge in [0.2, 0.25) is 0 Å². The molecule has 0 N–H and O–H groups in total. The van der Waals surface area contributed by atoms with Gasteiger partial charge in [-0.05, 0) is 56.5 Å². The summed E-state index contributed by atoms with van der Waals surface area (Å²) in [5, 5.41) is 1.49. The number of hydrogen-bond acceptors (Lipinski definition) is 3. The van der Waals surface area contributed by atoms with Gasteiger partial charge in [0.05, 0.1) is 5.02 Å². The van der Waals surface area contributed by atoms with Crippen LogP contribution in [-0.4, -0.2) is 29.3 Å². The van der Waals surface area contributed by atoms with Crippen LogP contribution in [0.3, 0.4) is 0 Å². The highest BCUT2D eigenvalue weighted by molar-refractivity contribution is 8.00. The van der Waals surface area contributed by atoms with Crippen molar-refractivity contribution in [3.8, 4) is 5.75 Å². The van der Waals surface area contributed by atoms with E-state index in [0.29, 0.717) is 11.9 Å². The Morgan fingerprint density at radius 1 is 1.08 bits per heavy atom. The van der Waals surface area contributed by atoms with Gasteiger partial charge < -0.3 is 9.64 Å². The molecule has 0 saturated carbocycles. The van der Waals surface area contributed by atoms with Crippen LogP contribution in [0.1, 0.15) is 31.2 Å². The minimum Gasteiger partial charge on any atom is -0.489 e. The number of ether oxygens (including phenoxy) is 1. The first-order valence-electron chi connectivity index (χ1n) is 9.04. The number of fused-ring (bicyclic) bond motifs is 2. The van der Waals surface area contributed by atoms with Crippen molar-refractivity contribution in [2.24, 2.45) is 0 Å². The number of benzene rings is 2. The Labute approximate surface area is 159 Å². The number of rotatable bonds is 5.